The third-order valence-corrected chi connectivity index (χ3v) is 7.51. The number of H-pyrrole nitrogens is 1. The normalized spacial score (nSPS) is 16.4. The summed E-state index contributed by atoms with van der Waals surface area (Å²) in [4.78, 5) is 32.4. The summed E-state index contributed by atoms with van der Waals surface area (Å²) in [6.45, 7) is 7.26. The maximum absolute atomic E-state index is 13.4. The first kappa shape index (κ1) is 20.8. The summed E-state index contributed by atoms with van der Waals surface area (Å²) >= 11 is 1.55. The summed E-state index contributed by atoms with van der Waals surface area (Å²) in [5, 5.41) is 5.27. The van der Waals surface area contributed by atoms with Crippen LogP contribution in [-0.4, -0.2) is 40.8 Å². The molecule has 1 saturated heterocycles. The van der Waals surface area contributed by atoms with Crippen molar-refractivity contribution >= 4 is 44.1 Å². The van der Waals surface area contributed by atoms with Crippen molar-refractivity contribution in [2.75, 3.05) is 13.1 Å². The molecule has 0 aliphatic carbocycles. The predicted octanol–water partition coefficient (Wildman–Crippen LogP) is 5.46. The molecule has 2 aromatic carbocycles. The van der Waals surface area contributed by atoms with Crippen molar-refractivity contribution in [1.29, 1.82) is 0 Å². The first-order valence-electron chi connectivity index (χ1n) is 11.1. The summed E-state index contributed by atoms with van der Waals surface area (Å²) < 4.78 is 1.12. The molecule has 5 nitrogen and oxygen atoms in total. The van der Waals surface area contributed by atoms with Crippen LogP contribution in [0, 0.1) is 6.92 Å². The second-order valence-corrected chi connectivity index (χ2v) is 9.93. The number of nitrogens with one attached hydrogen (secondary N) is 2. The average Bonchev–Trinajstić information content (AvgIpc) is 3.48. The van der Waals surface area contributed by atoms with Gasteiger partial charge in [0.2, 0.25) is 0 Å². The van der Waals surface area contributed by atoms with Crippen molar-refractivity contribution in [3.8, 4) is 0 Å². The minimum Gasteiger partial charge on any atom is -0.350 e. The van der Waals surface area contributed by atoms with E-state index in [1.165, 1.54) is 0 Å². The number of aromatic nitrogens is 1. The van der Waals surface area contributed by atoms with Crippen LogP contribution < -0.4 is 5.32 Å². The summed E-state index contributed by atoms with van der Waals surface area (Å²) in [6, 6.07) is 16.3. The molecule has 1 aliphatic heterocycles. The van der Waals surface area contributed by atoms with E-state index in [4.69, 9.17) is 0 Å². The molecule has 32 heavy (non-hydrogen) atoms. The fourth-order valence-electron chi connectivity index (χ4n) is 4.80. The van der Waals surface area contributed by atoms with Crippen molar-refractivity contribution in [3.05, 3.63) is 70.2 Å². The minimum absolute atomic E-state index is 0.0209. The highest BCUT2D eigenvalue weighted by molar-refractivity contribution is 7.21. The molecule has 164 valence electrons. The number of para-hydroxylation sites is 1. The zero-order valence-corrected chi connectivity index (χ0v) is 19.4. The molecule has 1 fully saturated rings. The number of hydrogen-bond donors (Lipinski definition) is 2. The number of rotatable bonds is 4. The molecule has 2 amide bonds. The van der Waals surface area contributed by atoms with Gasteiger partial charge in [-0.1, -0.05) is 36.4 Å². The summed E-state index contributed by atoms with van der Waals surface area (Å²) in [5.74, 6) is 0.161. The molecule has 0 unspecified atom stereocenters. The van der Waals surface area contributed by atoms with E-state index < -0.39 is 0 Å². The van der Waals surface area contributed by atoms with E-state index in [2.05, 4.69) is 22.4 Å². The third kappa shape index (κ3) is 3.48. The Kier molecular flexibility index (Phi) is 5.25. The van der Waals surface area contributed by atoms with Gasteiger partial charge >= 0.3 is 0 Å². The van der Waals surface area contributed by atoms with Crippen molar-refractivity contribution < 1.29 is 9.59 Å². The lowest BCUT2D eigenvalue weighted by molar-refractivity contribution is 0.0785. The zero-order chi connectivity index (χ0) is 22.4. The number of aromatic amines is 1. The smallest absolute Gasteiger partial charge is 0.270 e. The Bertz CT molecular complexity index is 1330. The van der Waals surface area contributed by atoms with E-state index in [0.717, 1.165) is 43.4 Å². The Morgan fingerprint density at radius 1 is 1.09 bits per heavy atom. The summed E-state index contributed by atoms with van der Waals surface area (Å²) in [5.41, 5.74) is 3.74. The van der Waals surface area contributed by atoms with Crippen molar-refractivity contribution in [1.82, 2.24) is 15.2 Å². The standard InChI is InChI=1S/C26H27N3O2S/c1-15(2)27-25(30)24-22(19-9-5-7-11-21(19)32-24)17-12-13-29(14-17)26(31)23-16(3)18-8-4-6-10-20(18)28-23/h4-11,15,17,28H,12-14H2,1-3H3,(H,27,30)/t17-/m1/s1. The van der Waals surface area contributed by atoms with Gasteiger partial charge in [0.1, 0.15) is 5.69 Å². The monoisotopic (exact) mass is 445 g/mol. The van der Waals surface area contributed by atoms with Crippen LogP contribution in [0.25, 0.3) is 21.0 Å². The molecular formula is C26H27N3O2S. The number of likely N-dealkylation sites (tertiary alicyclic amines) is 1. The van der Waals surface area contributed by atoms with Crippen LogP contribution in [0.3, 0.4) is 0 Å². The fourth-order valence-corrected chi connectivity index (χ4v) is 5.99. The van der Waals surface area contributed by atoms with Gasteiger partial charge in [0.25, 0.3) is 11.8 Å². The van der Waals surface area contributed by atoms with Gasteiger partial charge in [0.15, 0.2) is 0 Å². The molecule has 0 saturated carbocycles. The predicted molar refractivity (Wildman–Crippen MR) is 131 cm³/mol. The van der Waals surface area contributed by atoms with E-state index in [9.17, 15) is 9.59 Å². The van der Waals surface area contributed by atoms with Gasteiger partial charge in [-0.2, -0.15) is 0 Å². The van der Waals surface area contributed by atoms with Crippen molar-refractivity contribution in [2.24, 2.45) is 0 Å². The van der Waals surface area contributed by atoms with E-state index in [0.29, 0.717) is 18.8 Å². The molecule has 3 heterocycles. The number of hydrogen-bond acceptors (Lipinski definition) is 3. The summed E-state index contributed by atoms with van der Waals surface area (Å²) in [7, 11) is 0. The van der Waals surface area contributed by atoms with Gasteiger partial charge in [-0.05, 0) is 55.8 Å². The molecule has 4 aromatic rings. The lowest BCUT2D eigenvalue weighted by Crippen LogP contribution is -2.31. The average molecular weight is 446 g/mol. The van der Waals surface area contributed by atoms with E-state index in [1.807, 2.05) is 62.1 Å². The quantitative estimate of drug-likeness (QED) is 0.438. The fraction of sp³-hybridized carbons (Fsp3) is 0.308. The molecule has 1 atom stereocenters. The van der Waals surface area contributed by atoms with Crippen molar-refractivity contribution in [2.45, 2.75) is 39.2 Å². The van der Waals surface area contributed by atoms with Crippen LogP contribution in [0.2, 0.25) is 0 Å². The SMILES string of the molecule is Cc1c(C(=O)N2CC[C@@H](c3c(C(=O)NC(C)C)sc4ccccc34)C2)[nH]c2ccccc12. The second-order valence-electron chi connectivity index (χ2n) is 8.88. The van der Waals surface area contributed by atoms with Crippen molar-refractivity contribution in [3.63, 3.8) is 0 Å². The van der Waals surface area contributed by atoms with Gasteiger partial charge in [-0.25, -0.2) is 0 Å². The highest BCUT2D eigenvalue weighted by atomic mass is 32.1. The molecule has 6 heteroatoms. The first-order valence-corrected chi connectivity index (χ1v) is 11.9. The van der Waals surface area contributed by atoms with Gasteiger partial charge in [0.05, 0.1) is 4.88 Å². The third-order valence-electron chi connectivity index (χ3n) is 6.32. The second kappa shape index (κ2) is 8.10. The summed E-state index contributed by atoms with van der Waals surface area (Å²) in [6.07, 6.45) is 0.855. The number of fused-ring (bicyclic) bond motifs is 2. The molecule has 2 aromatic heterocycles. The van der Waals surface area contributed by atoms with E-state index >= 15 is 0 Å². The lowest BCUT2D eigenvalue weighted by atomic mass is 9.95. The highest BCUT2D eigenvalue weighted by Crippen LogP contribution is 2.40. The minimum atomic E-state index is -0.0209. The number of thiophene rings is 1. The maximum Gasteiger partial charge on any atom is 0.270 e. The van der Waals surface area contributed by atoms with E-state index in [-0.39, 0.29) is 23.8 Å². The van der Waals surface area contributed by atoms with Crippen LogP contribution in [0.5, 0.6) is 0 Å². The number of aryl methyl sites for hydroxylation is 1. The van der Waals surface area contributed by atoms with Crippen LogP contribution in [0.4, 0.5) is 0 Å². The lowest BCUT2D eigenvalue weighted by Gasteiger charge is -2.17. The molecule has 5 rings (SSSR count). The van der Waals surface area contributed by atoms with Crippen LogP contribution >= 0.6 is 11.3 Å². The Hall–Kier alpha value is -3.12. The Labute approximate surface area is 191 Å². The van der Waals surface area contributed by atoms with Crippen LogP contribution in [0.15, 0.2) is 48.5 Å². The van der Waals surface area contributed by atoms with Gasteiger partial charge in [-0.15, -0.1) is 11.3 Å². The number of amides is 2. The van der Waals surface area contributed by atoms with Gasteiger partial charge in [-0.3, -0.25) is 9.59 Å². The molecule has 0 spiro atoms. The zero-order valence-electron chi connectivity index (χ0n) is 18.6. The largest absolute Gasteiger partial charge is 0.350 e. The number of nitrogens with zero attached hydrogens (tertiary/aromatic N) is 1. The molecule has 2 N–H and O–H groups in total. The molecule has 0 bridgehead atoms. The highest BCUT2D eigenvalue weighted by Gasteiger charge is 2.34. The topological polar surface area (TPSA) is 65.2 Å². The Morgan fingerprint density at radius 2 is 1.81 bits per heavy atom. The molecular weight excluding hydrogens is 418 g/mol. The van der Waals surface area contributed by atoms with Gasteiger partial charge < -0.3 is 15.2 Å². The Morgan fingerprint density at radius 3 is 2.56 bits per heavy atom. The first-order chi connectivity index (χ1) is 15.4. The van der Waals surface area contributed by atoms with Gasteiger partial charge in [0, 0.05) is 40.7 Å². The number of benzene rings is 2. The number of carbonyl (C=O) groups is 2. The Balaban J connectivity index is 1.47. The number of carbonyl (C=O) groups excluding carboxylic acids is 2. The van der Waals surface area contributed by atoms with Crippen LogP contribution in [-0.2, 0) is 0 Å². The molecule has 1 aliphatic rings. The maximum atomic E-state index is 13.4. The van der Waals surface area contributed by atoms with E-state index in [1.54, 1.807) is 11.3 Å². The molecule has 0 radical (unpaired) electrons. The van der Waals surface area contributed by atoms with Crippen LogP contribution in [0.1, 0.15) is 57.5 Å².